The molecule has 0 aromatic heterocycles. The van der Waals surface area contributed by atoms with Crippen molar-refractivity contribution in [3.8, 4) is 5.75 Å². The minimum atomic E-state index is -1.33. The quantitative estimate of drug-likeness (QED) is 0.191. The molecule has 1 heterocycles. The molecule has 1 aromatic carbocycles. The molecule has 0 radical (unpaired) electrons. The van der Waals surface area contributed by atoms with Crippen LogP contribution in [-0.4, -0.2) is 57.4 Å². The highest BCUT2D eigenvalue weighted by atomic mass is 35.5. The summed E-state index contributed by atoms with van der Waals surface area (Å²) in [4.78, 5) is 36.5. The molecule has 2 rings (SSSR count). The Morgan fingerprint density at radius 2 is 2.03 bits per heavy atom. The van der Waals surface area contributed by atoms with Crippen LogP contribution in [0.15, 0.2) is 17.3 Å². The van der Waals surface area contributed by atoms with Gasteiger partial charge in [0.05, 0.1) is 12.3 Å². The zero-order valence-electron chi connectivity index (χ0n) is 18.9. The molecule has 1 aliphatic heterocycles. The summed E-state index contributed by atoms with van der Waals surface area (Å²) in [6, 6.07) is 2.55. The third kappa shape index (κ3) is 6.82. The summed E-state index contributed by atoms with van der Waals surface area (Å²) in [5.41, 5.74) is 0.722. The molecular formula is C22H29ClFN3O6. The van der Waals surface area contributed by atoms with Crippen molar-refractivity contribution in [2.75, 3.05) is 37.8 Å². The van der Waals surface area contributed by atoms with Crippen molar-refractivity contribution in [1.82, 2.24) is 10.6 Å². The number of benzene rings is 1. The number of halogens is 2. The van der Waals surface area contributed by atoms with Crippen molar-refractivity contribution in [1.29, 1.82) is 0 Å². The highest BCUT2D eigenvalue weighted by molar-refractivity contribution is 6.32. The molecule has 0 fully saturated rings. The van der Waals surface area contributed by atoms with E-state index in [9.17, 15) is 18.8 Å². The van der Waals surface area contributed by atoms with E-state index in [1.54, 1.807) is 20.8 Å². The number of anilines is 1. The van der Waals surface area contributed by atoms with E-state index in [2.05, 4.69) is 10.6 Å². The van der Waals surface area contributed by atoms with Gasteiger partial charge in [0.2, 0.25) is 12.6 Å². The lowest BCUT2D eigenvalue weighted by Gasteiger charge is -2.34. The van der Waals surface area contributed by atoms with Crippen LogP contribution in [0.3, 0.4) is 0 Å². The molecule has 182 valence electrons. The molecule has 33 heavy (non-hydrogen) atoms. The Labute approximate surface area is 197 Å². The monoisotopic (exact) mass is 485 g/mol. The van der Waals surface area contributed by atoms with Crippen LogP contribution in [-0.2, 0) is 23.9 Å². The van der Waals surface area contributed by atoms with Gasteiger partial charge < -0.3 is 24.8 Å². The average molecular weight is 486 g/mol. The van der Waals surface area contributed by atoms with E-state index in [1.165, 1.54) is 6.07 Å². The fourth-order valence-electron chi connectivity index (χ4n) is 3.21. The number of unbranched alkanes of at least 4 members (excludes halogenated alkanes) is 1. The third-order valence-corrected chi connectivity index (χ3v) is 5.24. The van der Waals surface area contributed by atoms with Gasteiger partial charge in [0.25, 0.3) is 5.91 Å². The first kappa shape index (κ1) is 26.4. The second kappa shape index (κ2) is 13.0. The molecule has 0 aliphatic carbocycles. The Hall–Kier alpha value is -2.85. The fourth-order valence-corrected chi connectivity index (χ4v) is 3.41. The number of fused-ring (bicyclic) bond motifs is 1. The van der Waals surface area contributed by atoms with Gasteiger partial charge in [-0.2, -0.15) is 0 Å². The van der Waals surface area contributed by atoms with Crippen LogP contribution in [0.25, 0.3) is 5.57 Å². The molecule has 1 atom stereocenters. The number of nitrogens with one attached hydrogen (secondary N) is 2. The fraction of sp³-hybridized carbons (Fsp3) is 0.500. The van der Waals surface area contributed by atoms with Gasteiger partial charge in [-0.15, -0.1) is 0 Å². The zero-order chi connectivity index (χ0) is 24.4. The van der Waals surface area contributed by atoms with Gasteiger partial charge in [-0.3, -0.25) is 14.5 Å². The maximum atomic E-state index is 14.9. The summed E-state index contributed by atoms with van der Waals surface area (Å²) in [6.07, 6.45) is 0.798. The van der Waals surface area contributed by atoms with Crippen molar-refractivity contribution in [3.63, 3.8) is 0 Å². The van der Waals surface area contributed by atoms with Crippen LogP contribution in [0, 0.1) is 5.82 Å². The molecule has 1 unspecified atom stereocenters. The van der Waals surface area contributed by atoms with E-state index in [0.29, 0.717) is 25.1 Å². The van der Waals surface area contributed by atoms with Gasteiger partial charge in [0.15, 0.2) is 6.61 Å². The van der Waals surface area contributed by atoms with E-state index >= 15 is 0 Å². The number of allylic oxidation sites excluding steroid dienone is 1. The summed E-state index contributed by atoms with van der Waals surface area (Å²) in [7, 11) is 0. The number of carbonyl (C=O) groups is 3. The summed E-state index contributed by atoms with van der Waals surface area (Å²) in [6.45, 7) is 5.92. The standard InChI is InChI=1S/C22H29ClFN3O6/c1-4-31-21(22(30)32-5-2)27-17-10-15(16(24)11-18(17)33-12-19(27)29)14(3)20(23)26-9-7-6-8-25-13-28/h10-11,13,21,26H,4-9,12H2,1-3H3,(H,25,28)/b20-14+. The first-order chi connectivity index (χ1) is 15.8. The molecule has 2 N–H and O–H groups in total. The summed E-state index contributed by atoms with van der Waals surface area (Å²) < 4.78 is 30.8. The highest BCUT2D eigenvalue weighted by Gasteiger charge is 2.38. The maximum absolute atomic E-state index is 14.9. The van der Waals surface area contributed by atoms with E-state index in [4.69, 9.17) is 25.8 Å². The summed E-state index contributed by atoms with van der Waals surface area (Å²) >= 11 is 6.35. The minimum absolute atomic E-state index is 0.101. The Morgan fingerprint density at radius 1 is 1.30 bits per heavy atom. The van der Waals surface area contributed by atoms with Crippen LogP contribution < -0.4 is 20.3 Å². The topological polar surface area (TPSA) is 106 Å². The van der Waals surface area contributed by atoms with Gasteiger partial charge >= 0.3 is 5.97 Å². The van der Waals surface area contributed by atoms with Crippen LogP contribution in [0.5, 0.6) is 5.75 Å². The molecule has 1 aliphatic rings. The first-order valence-corrected chi connectivity index (χ1v) is 11.1. The van der Waals surface area contributed by atoms with Crippen molar-refractivity contribution in [2.24, 2.45) is 0 Å². The number of nitrogens with zero attached hydrogens (tertiary/aromatic N) is 1. The van der Waals surface area contributed by atoms with E-state index in [0.717, 1.165) is 23.8 Å². The predicted molar refractivity (Wildman–Crippen MR) is 121 cm³/mol. The van der Waals surface area contributed by atoms with E-state index < -0.39 is 23.9 Å². The normalized spacial score (nSPS) is 14.6. The molecule has 1 aromatic rings. The van der Waals surface area contributed by atoms with E-state index in [-0.39, 0.29) is 42.0 Å². The lowest BCUT2D eigenvalue weighted by molar-refractivity contribution is -0.158. The van der Waals surface area contributed by atoms with Gasteiger partial charge in [-0.25, -0.2) is 9.18 Å². The van der Waals surface area contributed by atoms with Crippen molar-refractivity contribution >= 4 is 41.1 Å². The molecular weight excluding hydrogens is 457 g/mol. The Morgan fingerprint density at radius 3 is 2.70 bits per heavy atom. The lowest BCUT2D eigenvalue weighted by Crippen LogP contribution is -2.51. The molecule has 2 amide bonds. The molecule has 0 bridgehead atoms. The van der Waals surface area contributed by atoms with Gasteiger partial charge in [0.1, 0.15) is 16.7 Å². The SMILES string of the molecule is CCOC(=O)C(OCC)N1C(=O)COc2cc(F)c(/C(C)=C(\Cl)NCCCCNC=O)cc21. The Kier molecular flexibility index (Phi) is 10.4. The maximum Gasteiger partial charge on any atom is 0.357 e. The minimum Gasteiger partial charge on any atom is -0.481 e. The second-order valence-corrected chi connectivity index (χ2v) is 7.43. The number of amides is 2. The van der Waals surface area contributed by atoms with Crippen molar-refractivity contribution in [3.05, 3.63) is 28.7 Å². The summed E-state index contributed by atoms with van der Waals surface area (Å²) in [5.74, 6) is -1.76. The van der Waals surface area contributed by atoms with E-state index in [1.807, 2.05) is 0 Å². The molecule has 9 nitrogen and oxygen atoms in total. The Balaban J connectivity index is 2.34. The number of carbonyl (C=O) groups excluding carboxylic acids is 3. The van der Waals surface area contributed by atoms with Crippen LogP contribution in [0.1, 0.15) is 39.2 Å². The lowest BCUT2D eigenvalue weighted by atomic mass is 10.0. The molecule has 0 saturated heterocycles. The largest absolute Gasteiger partial charge is 0.481 e. The predicted octanol–water partition coefficient (Wildman–Crippen LogP) is 2.52. The number of hydrogen-bond donors (Lipinski definition) is 2. The number of hydrogen-bond acceptors (Lipinski definition) is 7. The third-order valence-electron chi connectivity index (χ3n) is 4.82. The average Bonchev–Trinajstić information content (AvgIpc) is 2.79. The molecule has 0 spiro atoms. The van der Waals surface area contributed by atoms with Crippen LogP contribution in [0.4, 0.5) is 10.1 Å². The van der Waals surface area contributed by atoms with Crippen LogP contribution in [0.2, 0.25) is 0 Å². The second-order valence-electron chi connectivity index (χ2n) is 7.06. The summed E-state index contributed by atoms with van der Waals surface area (Å²) in [5, 5.41) is 5.82. The van der Waals surface area contributed by atoms with Gasteiger partial charge in [-0.05, 0) is 45.3 Å². The zero-order valence-corrected chi connectivity index (χ0v) is 19.7. The number of rotatable bonds is 13. The van der Waals surface area contributed by atoms with Crippen molar-refractivity contribution < 1.29 is 33.0 Å². The molecule has 11 heteroatoms. The number of ether oxygens (including phenoxy) is 3. The highest BCUT2D eigenvalue weighted by Crippen LogP contribution is 2.38. The molecule has 0 saturated carbocycles. The Bertz CT molecular complexity index is 895. The number of esters is 1. The van der Waals surface area contributed by atoms with Crippen molar-refractivity contribution in [2.45, 2.75) is 39.8 Å². The first-order valence-electron chi connectivity index (χ1n) is 10.7. The van der Waals surface area contributed by atoms with Gasteiger partial charge in [0, 0.05) is 31.3 Å². The smallest absolute Gasteiger partial charge is 0.357 e. The van der Waals surface area contributed by atoms with Crippen LogP contribution >= 0.6 is 11.6 Å². The van der Waals surface area contributed by atoms with Gasteiger partial charge in [-0.1, -0.05) is 11.6 Å².